The highest BCUT2D eigenvalue weighted by Gasteiger charge is 2.37. The summed E-state index contributed by atoms with van der Waals surface area (Å²) < 4.78 is 66.3. The van der Waals surface area contributed by atoms with Crippen LogP contribution < -0.4 is 0 Å². The van der Waals surface area contributed by atoms with Crippen molar-refractivity contribution < 1.29 is 26.7 Å². The molecule has 118 valence electrons. The average molecular weight is 323 g/mol. The van der Waals surface area contributed by atoms with E-state index >= 15 is 0 Å². The van der Waals surface area contributed by atoms with Crippen LogP contribution in [-0.4, -0.2) is 37.0 Å². The zero-order chi connectivity index (χ0) is 15.6. The molecule has 2 rings (SSSR count). The minimum atomic E-state index is -4.41. The highest BCUT2D eigenvalue weighted by atomic mass is 32.2. The number of hydrogen-bond donors (Lipinski definition) is 1. The van der Waals surface area contributed by atoms with E-state index in [0.717, 1.165) is 10.7 Å². The number of aliphatic hydroxyl groups excluding tert-OH is 1. The molecule has 0 spiro atoms. The van der Waals surface area contributed by atoms with E-state index in [9.17, 15) is 21.6 Å². The number of benzene rings is 1. The van der Waals surface area contributed by atoms with Crippen LogP contribution in [-0.2, 0) is 10.0 Å². The van der Waals surface area contributed by atoms with Crippen LogP contribution >= 0.6 is 0 Å². The first-order valence-electron chi connectivity index (χ1n) is 6.65. The van der Waals surface area contributed by atoms with Crippen molar-refractivity contribution in [3.8, 4) is 0 Å². The van der Waals surface area contributed by atoms with Crippen LogP contribution in [0.5, 0.6) is 0 Å². The van der Waals surface area contributed by atoms with Gasteiger partial charge in [-0.15, -0.1) is 0 Å². The standard InChI is InChI=1S/C13H16F3NO3S/c14-9-7-11(15)13(12(16)8-9)21(19,20)17-5-2-1-3-10(17)4-6-18/h7-8,10,18H,1-6H2. The molecule has 0 amide bonds. The molecule has 1 aromatic carbocycles. The molecule has 1 aromatic rings. The first kappa shape index (κ1) is 16.3. The van der Waals surface area contributed by atoms with Gasteiger partial charge in [0.25, 0.3) is 0 Å². The van der Waals surface area contributed by atoms with Crippen molar-refractivity contribution in [2.45, 2.75) is 36.6 Å². The summed E-state index contributed by atoms with van der Waals surface area (Å²) in [5, 5.41) is 9.00. The van der Waals surface area contributed by atoms with Crippen LogP contribution in [0.25, 0.3) is 0 Å². The van der Waals surface area contributed by atoms with Gasteiger partial charge in [0.1, 0.15) is 17.5 Å². The quantitative estimate of drug-likeness (QED) is 0.922. The Labute approximate surface area is 121 Å². The minimum Gasteiger partial charge on any atom is -0.396 e. The second kappa shape index (κ2) is 6.33. The van der Waals surface area contributed by atoms with Crippen LogP contribution in [0.4, 0.5) is 13.2 Å². The topological polar surface area (TPSA) is 57.6 Å². The monoisotopic (exact) mass is 323 g/mol. The Bertz CT molecular complexity index is 596. The van der Waals surface area contributed by atoms with Gasteiger partial charge in [-0.2, -0.15) is 4.31 Å². The van der Waals surface area contributed by atoms with Crippen molar-refractivity contribution in [3.05, 3.63) is 29.6 Å². The molecule has 21 heavy (non-hydrogen) atoms. The van der Waals surface area contributed by atoms with Gasteiger partial charge in [-0.25, -0.2) is 21.6 Å². The molecule has 0 aliphatic carbocycles. The van der Waals surface area contributed by atoms with Gasteiger partial charge < -0.3 is 5.11 Å². The van der Waals surface area contributed by atoms with E-state index < -0.39 is 38.4 Å². The Morgan fingerprint density at radius 1 is 1.19 bits per heavy atom. The highest BCUT2D eigenvalue weighted by Crippen LogP contribution is 2.30. The van der Waals surface area contributed by atoms with Gasteiger partial charge in [-0.3, -0.25) is 0 Å². The number of aliphatic hydroxyl groups is 1. The fraction of sp³-hybridized carbons (Fsp3) is 0.538. The van der Waals surface area contributed by atoms with Gasteiger partial charge in [0, 0.05) is 31.3 Å². The lowest BCUT2D eigenvalue weighted by molar-refractivity contribution is 0.192. The Hall–Kier alpha value is -1.12. The van der Waals surface area contributed by atoms with Crippen molar-refractivity contribution in [2.75, 3.05) is 13.2 Å². The summed E-state index contributed by atoms with van der Waals surface area (Å²) in [6.07, 6.45) is 2.07. The molecule has 1 unspecified atom stereocenters. The molecular formula is C13H16F3NO3S. The first-order chi connectivity index (χ1) is 9.87. The third-order valence-electron chi connectivity index (χ3n) is 3.57. The van der Waals surface area contributed by atoms with Gasteiger partial charge in [-0.05, 0) is 19.3 Å². The summed E-state index contributed by atoms with van der Waals surface area (Å²) in [5.74, 6) is -4.06. The molecule has 1 saturated heterocycles. The molecule has 1 aliphatic heterocycles. The van der Waals surface area contributed by atoms with Gasteiger partial charge in [0.15, 0.2) is 4.90 Å². The van der Waals surface area contributed by atoms with E-state index in [0.29, 0.717) is 25.0 Å². The van der Waals surface area contributed by atoms with Crippen LogP contribution in [0.15, 0.2) is 17.0 Å². The predicted octanol–water partition coefficient (Wildman–Crippen LogP) is 2.03. The van der Waals surface area contributed by atoms with E-state index in [1.165, 1.54) is 0 Å². The molecule has 8 heteroatoms. The molecule has 4 nitrogen and oxygen atoms in total. The normalized spacial score (nSPS) is 20.7. The Kier molecular flexibility index (Phi) is 4.90. The summed E-state index contributed by atoms with van der Waals surface area (Å²) in [5.41, 5.74) is 0. The van der Waals surface area contributed by atoms with E-state index in [2.05, 4.69) is 0 Å². The van der Waals surface area contributed by atoms with Crippen molar-refractivity contribution in [1.29, 1.82) is 0 Å². The molecule has 1 fully saturated rings. The van der Waals surface area contributed by atoms with Crippen molar-refractivity contribution in [3.63, 3.8) is 0 Å². The lowest BCUT2D eigenvalue weighted by Crippen LogP contribution is -2.44. The third kappa shape index (κ3) is 3.22. The predicted molar refractivity (Wildman–Crippen MR) is 69.5 cm³/mol. The highest BCUT2D eigenvalue weighted by molar-refractivity contribution is 7.89. The summed E-state index contributed by atoms with van der Waals surface area (Å²) >= 11 is 0. The number of piperidine rings is 1. The maximum absolute atomic E-state index is 13.7. The fourth-order valence-corrected chi connectivity index (χ4v) is 4.44. The molecule has 0 radical (unpaired) electrons. The van der Waals surface area contributed by atoms with E-state index in [4.69, 9.17) is 5.11 Å². The van der Waals surface area contributed by atoms with Crippen LogP contribution in [0.3, 0.4) is 0 Å². The molecule has 0 bridgehead atoms. The second-order valence-electron chi connectivity index (χ2n) is 4.98. The zero-order valence-electron chi connectivity index (χ0n) is 11.2. The van der Waals surface area contributed by atoms with Gasteiger partial charge in [-0.1, -0.05) is 6.42 Å². The summed E-state index contributed by atoms with van der Waals surface area (Å²) in [6.45, 7) is -0.0890. The molecule has 1 aliphatic rings. The largest absolute Gasteiger partial charge is 0.396 e. The van der Waals surface area contributed by atoms with E-state index in [1.54, 1.807) is 0 Å². The molecule has 1 heterocycles. The molecule has 0 saturated carbocycles. The second-order valence-corrected chi connectivity index (χ2v) is 6.80. The van der Waals surface area contributed by atoms with Crippen molar-refractivity contribution in [1.82, 2.24) is 4.31 Å². The van der Waals surface area contributed by atoms with Crippen molar-refractivity contribution >= 4 is 10.0 Å². The SMILES string of the molecule is O=S(=O)(c1c(F)cc(F)cc1F)N1CCCCC1CCO. The molecule has 1 N–H and O–H groups in total. The lowest BCUT2D eigenvalue weighted by Gasteiger charge is -2.34. The minimum absolute atomic E-state index is 0.128. The third-order valence-corrected chi connectivity index (χ3v) is 5.57. The van der Waals surface area contributed by atoms with Crippen molar-refractivity contribution in [2.24, 2.45) is 0 Å². The number of nitrogens with zero attached hydrogens (tertiary/aromatic N) is 1. The van der Waals surface area contributed by atoms with E-state index in [1.807, 2.05) is 0 Å². The number of sulfonamides is 1. The summed E-state index contributed by atoms with van der Waals surface area (Å²) in [4.78, 5) is -1.13. The zero-order valence-corrected chi connectivity index (χ0v) is 12.0. The molecular weight excluding hydrogens is 307 g/mol. The van der Waals surface area contributed by atoms with Crippen LogP contribution in [0, 0.1) is 17.5 Å². The van der Waals surface area contributed by atoms with Gasteiger partial charge in [0.2, 0.25) is 10.0 Å². The smallest absolute Gasteiger partial charge is 0.249 e. The maximum Gasteiger partial charge on any atom is 0.249 e. The first-order valence-corrected chi connectivity index (χ1v) is 8.09. The summed E-state index contributed by atoms with van der Waals surface area (Å²) in [6, 6.07) is 0.194. The Balaban J connectivity index is 2.45. The molecule has 1 atom stereocenters. The van der Waals surface area contributed by atoms with E-state index in [-0.39, 0.29) is 19.6 Å². The Morgan fingerprint density at radius 2 is 1.81 bits per heavy atom. The average Bonchev–Trinajstić information content (AvgIpc) is 2.37. The number of rotatable bonds is 4. The summed E-state index contributed by atoms with van der Waals surface area (Å²) in [7, 11) is -4.41. The number of halogens is 3. The molecule has 0 aromatic heterocycles. The van der Waals surface area contributed by atoms with Crippen LogP contribution in [0.1, 0.15) is 25.7 Å². The number of hydrogen-bond acceptors (Lipinski definition) is 3. The lowest BCUT2D eigenvalue weighted by atomic mass is 10.0. The fourth-order valence-electron chi connectivity index (χ4n) is 2.62. The maximum atomic E-state index is 13.7. The van der Waals surface area contributed by atoms with Gasteiger partial charge in [0.05, 0.1) is 0 Å². The van der Waals surface area contributed by atoms with Gasteiger partial charge >= 0.3 is 0 Å². The van der Waals surface area contributed by atoms with Crippen LogP contribution in [0.2, 0.25) is 0 Å². The Morgan fingerprint density at radius 3 is 2.38 bits per heavy atom.